The smallest absolute Gasteiger partial charge is 0.206 e. The monoisotopic (exact) mass is 450 g/mol. The maximum Gasteiger partial charge on any atom is 0.206 e. The Morgan fingerprint density at radius 1 is 0.656 bits per heavy atom. The minimum atomic E-state index is -3.81. The zero-order valence-electron chi connectivity index (χ0n) is 16.5. The van der Waals surface area contributed by atoms with Gasteiger partial charge in [0.1, 0.15) is 23.1 Å². The van der Waals surface area contributed by atoms with E-state index < -0.39 is 21.5 Å². The summed E-state index contributed by atoms with van der Waals surface area (Å²) in [7, 11) is -3.81. The third kappa shape index (κ3) is 4.43. The number of carbonyl (C=O) groups is 1. The summed E-state index contributed by atoms with van der Waals surface area (Å²) in [6.45, 7) is 0. The van der Waals surface area contributed by atoms with Gasteiger partial charge in [0, 0.05) is 5.56 Å². The lowest BCUT2D eigenvalue weighted by molar-refractivity contribution is 0.103. The van der Waals surface area contributed by atoms with Gasteiger partial charge in [0.05, 0.1) is 15.4 Å². The van der Waals surface area contributed by atoms with Gasteiger partial charge < -0.3 is 4.74 Å². The van der Waals surface area contributed by atoms with Gasteiger partial charge in [-0.15, -0.1) is 0 Å². The summed E-state index contributed by atoms with van der Waals surface area (Å²) in [4.78, 5) is 12.8. The maximum absolute atomic E-state index is 13.2. The van der Waals surface area contributed by atoms with Gasteiger partial charge in [-0.2, -0.15) is 0 Å². The Bertz CT molecular complexity index is 1360. The van der Waals surface area contributed by atoms with E-state index in [1.165, 1.54) is 60.7 Å². The van der Waals surface area contributed by atoms with Crippen LogP contribution in [-0.4, -0.2) is 14.2 Å². The second-order valence-corrected chi connectivity index (χ2v) is 8.81. The van der Waals surface area contributed by atoms with E-state index in [0.29, 0.717) is 11.3 Å². The van der Waals surface area contributed by atoms with Crippen molar-refractivity contribution in [3.05, 3.63) is 120 Å². The van der Waals surface area contributed by atoms with Gasteiger partial charge in [-0.25, -0.2) is 17.2 Å². The van der Waals surface area contributed by atoms with Crippen LogP contribution in [0, 0.1) is 11.6 Å². The van der Waals surface area contributed by atoms with E-state index in [9.17, 15) is 22.0 Å². The summed E-state index contributed by atoms with van der Waals surface area (Å²) in [5.41, 5.74) is 0.588. The molecule has 32 heavy (non-hydrogen) atoms. The SMILES string of the molecule is O=C(c1ccc(F)cc1)c1ccccc1Oc1ccc(S(=O)(=O)c2ccc(F)cc2)cc1. The molecule has 7 heteroatoms. The molecule has 0 aromatic heterocycles. The van der Waals surface area contributed by atoms with Gasteiger partial charge in [0.15, 0.2) is 5.78 Å². The zero-order valence-corrected chi connectivity index (χ0v) is 17.4. The molecule has 0 atom stereocenters. The van der Waals surface area contributed by atoms with Crippen LogP contribution in [0.3, 0.4) is 0 Å². The minimum absolute atomic E-state index is 0.0205. The number of para-hydroxylation sites is 1. The molecular weight excluding hydrogens is 434 g/mol. The predicted octanol–water partition coefficient (Wildman–Crippen LogP) is 5.82. The fourth-order valence-electron chi connectivity index (χ4n) is 3.06. The summed E-state index contributed by atoms with van der Waals surface area (Å²) in [5, 5.41) is 0. The lowest BCUT2D eigenvalue weighted by Crippen LogP contribution is -2.04. The van der Waals surface area contributed by atoms with Crippen LogP contribution in [0.25, 0.3) is 0 Å². The van der Waals surface area contributed by atoms with E-state index in [2.05, 4.69) is 0 Å². The molecule has 0 bridgehead atoms. The van der Waals surface area contributed by atoms with Crippen LogP contribution in [0.5, 0.6) is 11.5 Å². The second kappa shape index (κ2) is 8.72. The van der Waals surface area contributed by atoms with Crippen LogP contribution in [0.1, 0.15) is 15.9 Å². The Kier molecular flexibility index (Phi) is 5.83. The number of halogens is 2. The number of rotatable bonds is 6. The molecule has 0 spiro atoms. The molecule has 0 N–H and O–H groups in total. The second-order valence-electron chi connectivity index (χ2n) is 6.86. The maximum atomic E-state index is 13.2. The molecule has 4 nitrogen and oxygen atoms in total. The van der Waals surface area contributed by atoms with Gasteiger partial charge in [-0.1, -0.05) is 12.1 Å². The molecule has 4 aromatic carbocycles. The average Bonchev–Trinajstić information content (AvgIpc) is 2.80. The minimum Gasteiger partial charge on any atom is -0.457 e. The first-order valence-corrected chi connectivity index (χ1v) is 11.0. The Balaban J connectivity index is 1.59. The Labute approximate surface area is 183 Å². The van der Waals surface area contributed by atoms with E-state index >= 15 is 0 Å². The topological polar surface area (TPSA) is 60.4 Å². The first-order valence-electron chi connectivity index (χ1n) is 9.52. The van der Waals surface area contributed by atoms with Crippen LogP contribution in [0.2, 0.25) is 0 Å². The third-order valence-corrected chi connectivity index (χ3v) is 6.51. The molecule has 0 radical (unpaired) electrons. The lowest BCUT2D eigenvalue weighted by Gasteiger charge is -2.11. The van der Waals surface area contributed by atoms with Crippen molar-refractivity contribution in [2.75, 3.05) is 0 Å². The van der Waals surface area contributed by atoms with E-state index in [0.717, 1.165) is 12.1 Å². The first kappa shape index (κ1) is 21.4. The van der Waals surface area contributed by atoms with Crippen LogP contribution < -0.4 is 4.74 Å². The number of benzene rings is 4. The van der Waals surface area contributed by atoms with Crippen LogP contribution in [0.4, 0.5) is 8.78 Å². The summed E-state index contributed by atoms with van der Waals surface area (Å²) < 4.78 is 57.5. The van der Waals surface area contributed by atoms with E-state index in [-0.39, 0.29) is 26.9 Å². The van der Waals surface area contributed by atoms with Crippen molar-refractivity contribution in [1.82, 2.24) is 0 Å². The van der Waals surface area contributed by atoms with Crippen molar-refractivity contribution < 1.29 is 26.7 Å². The fourth-order valence-corrected chi connectivity index (χ4v) is 4.32. The molecule has 160 valence electrons. The Morgan fingerprint density at radius 2 is 1.16 bits per heavy atom. The highest BCUT2D eigenvalue weighted by atomic mass is 32.2. The van der Waals surface area contributed by atoms with Gasteiger partial charge in [-0.3, -0.25) is 4.79 Å². The summed E-state index contributed by atoms with van der Waals surface area (Å²) in [5.74, 6) is -0.710. The van der Waals surface area contributed by atoms with Gasteiger partial charge in [-0.05, 0) is 84.9 Å². The number of hydrogen-bond acceptors (Lipinski definition) is 4. The highest BCUT2D eigenvalue weighted by molar-refractivity contribution is 7.91. The predicted molar refractivity (Wildman–Crippen MR) is 115 cm³/mol. The lowest BCUT2D eigenvalue weighted by atomic mass is 10.0. The van der Waals surface area contributed by atoms with Crippen molar-refractivity contribution in [2.45, 2.75) is 9.79 Å². The molecule has 0 aliphatic rings. The number of ketones is 1. The normalized spacial score (nSPS) is 11.2. The van der Waals surface area contributed by atoms with E-state index in [4.69, 9.17) is 4.74 Å². The fraction of sp³-hybridized carbons (Fsp3) is 0. The van der Waals surface area contributed by atoms with Crippen LogP contribution in [0.15, 0.2) is 107 Å². The number of sulfone groups is 1. The first-order chi connectivity index (χ1) is 15.3. The molecule has 0 heterocycles. The van der Waals surface area contributed by atoms with Crippen LogP contribution >= 0.6 is 0 Å². The van der Waals surface area contributed by atoms with E-state index in [1.54, 1.807) is 24.3 Å². The number of ether oxygens (including phenoxy) is 1. The Morgan fingerprint density at radius 3 is 1.75 bits per heavy atom. The molecular formula is C25H16F2O4S. The molecule has 0 aliphatic heterocycles. The van der Waals surface area contributed by atoms with Gasteiger partial charge in [0.25, 0.3) is 0 Å². The average molecular weight is 450 g/mol. The highest BCUT2D eigenvalue weighted by Crippen LogP contribution is 2.29. The standard InChI is InChI=1S/C25H16F2O4S/c26-18-7-5-17(6-8-18)25(28)23-3-1-2-4-24(23)31-20-11-15-22(16-12-20)32(29,30)21-13-9-19(27)10-14-21/h1-16H. The molecule has 4 rings (SSSR count). The molecule has 0 saturated carbocycles. The van der Waals surface area contributed by atoms with Crippen LogP contribution in [-0.2, 0) is 9.84 Å². The van der Waals surface area contributed by atoms with Gasteiger partial charge in [0.2, 0.25) is 9.84 Å². The van der Waals surface area contributed by atoms with Crippen molar-refractivity contribution in [1.29, 1.82) is 0 Å². The van der Waals surface area contributed by atoms with Crippen molar-refractivity contribution in [3.63, 3.8) is 0 Å². The number of hydrogen-bond donors (Lipinski definition) is 0. The van der Waals surface area contributed by atoms with Crippen molar-refractivity contribution in [2.24, 2.45) is 0 Å². The zero-order chi connectivity index (χ0) is 22.7. The third-order valence-electron chi connectivity index (χ3n) is 4.72. The molecule has 0 fully saturated rings. The molecule has 0 unspecified atom stereocenters. The highest BCUT2D eigenvalue weighted by Gasteiger charge is 2.19. The molecule has 0 amide bonds. The van der Waals surface area contributed by atoms with E-state index in [1.807, 2.05) is 0 Å². The van der Waals surface area contributed by atoms with Crippen molar-refractivity contribution in [3.8, 4) is 11.5 Å². The summed E-state index contributed by atoms with van der Waals surface area (Å²) in [6, 6.07) is 22.0. The van der Waals surface area contributed by atoms with Gasteiger partial charge >= 0.3 is 0 Å². The Hall–Kier alpha value is -3.84. The van der Waals surface area contributed by atoms with Crippen molar-refractivity contribution >= 4 is 15.6 Å². The summed E-state index contributed by atoms with van der Waals surface area (Å²) >= 11 is 0. The molecule has 0 saturated heterocycles. The molecule has 0 aliphatic carbocycles. The summed E-state index contributed by atoms with van der Waals surface area (Å²) in [6.07, 6.45) is 0. The number of carbonyl (C=O) groups excluding carboxylic acids is 1. The largest absolute Gasteiger partial charge is 0.457 e. The molecule has 4 aromatic rings. The quantitative estimate of drug-likeness (QED) is 0.274.